The van der Waals surface area contributed by atoms with Crippen LogP contribution in [-0.4, -0.2) is 82.8 Å². The fourth-order valence-corrected chi connectivity index (χ4v) is 4.12. The Bertz CT molecular complexity index is 604. The van der Waals surface area contributed by atoms with E-state index in [0.717, 1.165) is 50.4 Å². The van der Waals surface area contributed by atoms with Crippen molar-refractivity contribution >= 4 is 11.6 Å². The zero-order valence-corrected chi connectivity index (χ0v) is 17.2. The smallest absolute Gasteiger partial charge is 0.193 e. The van der Waals surface area contributed by atoms with Gasteiger partial charge in [-0.25, -0.2) is 0 Å². The monoisotopic (exact) mass is 373 g/mol. The molecule has 2 fully saturated rings. The average Bonchev–Trinajstić information content (AvgIpc) is 2.73. The first-order valence-electron chi connectivity index (χ1n) is 10.2. The van der Waals surface area contributed by atoms with E-state index in [2.05, 4.69) is 44.2 Å². The first-order chi connectivity index (χ1) is 13.2. The van der Waals surface area contributed by atoms with Crippen molar-refractivity contribution in [1.82, 2.24) is 15.1 Å². The van der Waals surface area contributed by atoms with Gasteiger partial charge in [0.05, 0.1) is 12.8 Å². The molecule has 2 saturated heterocycles. The van der Waals surface area contributed by atoms with E-state index in [0.29, 0.717) is 0 Å². The highest BCUT2D eigenvalue weighted by molar-refractivity contribution is 5.80. The molecular weight excluding hydrogens is 338 g/mol. The number of nitrogens with zero attached hydrogens (tertiary/aromatic N) is 4. The second kappa shape index (κ2) is 9.83. The molecule has 0 aromatic heterocycles. The molecule has 2 aliphatic heterocycles. The number of hydrogen-bond acceptors (Lipinski definition) is 4. The highest BCUT2D eigenvalue weighted by Crippen LogP contribution is 2.28. The van der Waals surface area contributed by atoms with Crippen molar-refractivity contribution < 1.29 is 4.74 Å². The first kappa shape index (κ1) is 19.8. The van der Waals surface area contributed by atoms with E-state index >= 15 is 0 Å². The van der Waals surface area contributed by atoms with E-state index in [4.69, 9.17) is 4.74 Å². The zero-order chi connectivity index (χ0) is 19.1. The highest BCUT2D eigenvalue weighted by Gasteiger charge is 2.22. The maximum atomic E-state index is 5.52. The Morgan fingerprint density at radius 3 is 2.48 bits per heavy atom. The van der Waals surface area contributed by atoms with Gasteiger partial charge in [0.15, 0.2) is 5.96 Å². The molecule has 0 bridgehead atoms. The molecule has 0 aliphatic carbocycles. The van der Waals surface area contributed by atoms with E-state index in [9.17, 15) is 0 Å². The van der Waals surface area contributed by atoms with Gasteiger partial charge in [0.1, 0.15) is 5.75 Å². The van der Waals surface area contributed by atoms with Crippen molar-refractivity contribution in [2.24, 2.45) is 10.9 Å². The van der Waals surface area contributed by atoms with Crippen molar-refractivity contribution in [3.63, 3.8) is 0 Å². The van der Waals surface area contributed by atoms with Gasteiger partial charge in [-0.05, 0) is 57.5 Å². The van der Waals surface area contributed by atoms with Gasteiger partial charge in [0, 0.05) is 39.8 Å². The van der Waals surface area contributed by atoms with Crippen LogP contribution in [0.5, 0.6) is 5.75 Å². The predicted molar refractivity (Wildman–Crippen MR) is 113 cm³/mol. The third kappa shape index (κ3) is 5.28. The number of piperidine rings is 1. The minimum absolute atomic E-state index is 0.856. The van der Waals surface area contributed by atoms with Crippen molar-refractivity contribution in [2.45, 2.75) is 19.3 Å². The molecule has 27 heavy (non-hydrogen) atoms. The summed E-state index contributed by atoms with van der Waals surface area (Å²) in [7, 11) is 5.86. The van der Waals surface area contributed by atoms with Crippen LogP contribution in [0.3, 0.4) is 0 Å². The van der Waals surface area contributed by atoms with Crippen molar-refractivity contribution in [3.05, 3.63) is 24.3 Å². The summed E-state index contributed by atoms with van der Waals surface area (Å²) in [4.78, 5) is 11.7. The van der Waals surface area contributed by atoms with Gasteiger partial charge in [0.25, 0.3) is 0 Å². The summed E-state index contributed by atoms with van der Waals surface area (Å²) in [5.74, 6) is 2.85. The molecular formula is C21H35N5O. The number of hydrogen-bond donors (Lipinski definition) is 1. The Kier molecular flexibility index (Phi) is 7.21. The molecule has 0 amide bonds. The summed E-state index contributed by atoms with van der Waals surface area (Å²) < 4.78 is 5.52. The summed E-state index contributed by atoms with van der Waals surface area (Å²) in [5.41, 5.74) is 1.19. The van der Waals surface area contributed by atoms with E-state index in [-0.39, 0.29) is 0 Å². The number of benzene rings is 1. The Morgan fingerprint density at radius 1 is 1.11 bits per heavy atom. The largest absolute Gasteiger partial charge is 0.495 e. The fraction of sp³-hybridized carbons (Fsp3) is 0.667. The summed E-state index contributed by atoms with van der Waals surface area (Å²) in [6.07, 6.45) is 3.90. The topological polar surface area (TPSA) is 43.3 Å². The van der Waals surface area contributed by atoms with Gasteiger partial charge in [0.2, 0.25) is 0 Å². The predicted octanol–water partition coefficient (Wildman–Crippen LogP) is 2.12. The van der Waals surface area contributed by atoms with Gasteiger partial charge in [-0.15, -0.1) is 0 Å². The van der Waals surface area contributed by atoms with E-state index in [1.54, 1.807) is 7.11 Å². The molecule has 1 aromatic rings. The summed E-state index contributed by atoms with van der Waals surface area (Å²) in [6.45, 7) is 7.42. The van der Waals surface area contributed by atoms with Crippen molar-refractivity contribution in [3.8, 4) is 5.75 Å². The van der Waals surface area contributed by atoms with E-state index < -0.39 is 0 Å². The standard InChI is InChI=1S/C21H35N5O/c1-22-21(23-11-8-18-9-12-24(2)13-10-18)26-16-14-25(15-17-26)19-6-4-5-7-20(19)27-3/h4-7,18H,8-17H2,1-3H3,(H,22,23). The average molecular weight is 374 g/mol. The summed E-state index contributed by atoms with van der Waals surface area (Å²) in [6, 6.07) is 8.27. The molecule has 0 radical (unpaired) electrons. The van der Waals surface area contributed by atoms with Crippen molar-refractivity contribution in [1.29, 1.82) is 0 Å². The lowest BCUT2D eigenvalue weighted by Gasteiger charge is -2.38. The van der Waals surface area contributed by atoms with Crippen LogP contribution in [-0.2, 0) is 0 Å². The number of aliphatic imine (C=N–C) groups is 1. The molecule has 3 rings (SSSR count). The zero-order valence-electron chi connectivity index (χ0n) is 17.2. The van der Waals surface area contributed by atoms with Gasteiger partial charge >= 0.3 is 0 Å². The fourth-order valence-electron chi connectivity index (χ4n) is 4.12. The van der Waals surface area contributed by atoms with Gasteiger partial charge in [-0.2, -0.15) is 0 Å². The lowest BCUT2D eigenvalue weighted by molar-refractivity contribution is 0.212. The van der Waals surface area contributed by atoms with Gasteiger partial charge in [-0.3, -0.25) is 4.99 Å². The molecule has 0 saturated carbocycles. The van der Waals surface area contributed by atoms with E-state index in [1.165, 1.54) is 38.0 Å². The molecule has 0 unspecified atom stereocenters. The Morgan fingerprint density at radius 2 is 1.81 bits per heavy atom. The maximum Gasteiger partial charge on any atom is 0.193 e. The molecule has 150 valence electrons. The van der Waals surface area contributed by atoms with Crippen LogP contribution in [0.15, 0.2) is 29.3 Å². The van der Waals surface area contributed by atoms with Crippen LogP contribution < -0.4 is 15.0 Å². The lowest BCUT2D eigenvalue weighted by Crippen LogP contribution is -2.52. The third-order valence-corrected chi connectivity index (χ3v) is 5.89. The molecule has 6 nitrogen and oxygen atoms in total. The molecule has 6 heteroatoms. The highest BCUT2D eigenvalue weighted by atomic mass is 16.5. The molecule has 2 aliphatic rings. The van der Waals surface area contributed by atoms with Crippen molar-refractivity contribution in [2.75, 3.05) is 71.9 Å². The quantitative estimate of drug-likeness (QED) is 0.633. The number of ether oxygens (including phenoxy) is 1. The van der Waals surface area contributed by atoms with Crippen LogP contribution in [0.1, 0.15) is 19.3 Å². The number of anilines is 1. The Labute approximate surface area is 164 Å². The lowest BCUT2D eigenvalue weighted by atomic mass is 9.94. The second-order valence-corrected chi connectivity index (χ2v) is 7.66. The second-order valence-electron chi connectivity index (χ2n) is 7.66. The third-order valence-electron chi connectivity index (χ3n) is 5.89. The number of likely N-dealkylation sites (tertiary alicyclic amines) is 1. The van der Waals surface area contributed by atoms with Gasteiger partial charge in [-0.1, -0.05) is 12.1 Å². The minimum atomic E-state index is 0.856. The molecule has 1 aromatic carbocycles. The Hall–Kier alpha value is -1.95. The minimum Gasteiger partial charge on any atom is -0.495 e. The summed E-state index contributed by atoms with van der Waals surface area (Å²) >= 11 is 0. The SMILES string of the molecule is CN=C(NCCC1CCN(C)CC1)N1CCN(c2ccccc2OC)CC1. The number of methoxy groups -OCH3 is 1. The molecule has 1 N–H and O–H groups in total. The van der Waals surface area contributed by atoms with E-state index in [1.807, 2.05) is 19.2 Å². The van der Waals surface area contributed by atoms with Crippen LogP contribution in [0.4, 0.5) is 5.69 Å². The number of rotatable bonds is 5. The van der Waals surface area contributed by atoms with Crippen LogP contribution >= 0.6 is 0 Å². The number of piperazine rings is 1. The molecule has 0 atom stereocenters. The summed E-state index contributed by atoms with van der Waals surface area (Å²) in [5, 5.41) is 3.59. The van der Waals surface area contributed by atoms with Crippen LogP contribution in [0, 0.1) is 5.92 Å². The number of para-hydroxylation sites is 2. The number of guanidine groups is 1. The Balaban J connectivity index is 1.44. The molecule has 2 heterocycles. The van der Waals surface area contributed by atoms with Crippen LogP contribution in [0.2, 0.25) is 0 Å². The normalized spacial score (nSPS) is 20.0. The first-order valence-corrected chi connectivity index (χ1v) is 10.2. The van der Waals surface area contributed by atoms with Gasteiger partial charge < -0.3 is 24.8 Å². The van der Waals surface area contributed by atoms with Crippen LogP contribution in [0.25, 0.3) is 0 Å². The maximum absolute atomic E-state index is 5.52. The molecule has 0 spiro atoms. The number of nitrogens with one attached hydrogen (secondary N) is 1.